The highest BCUT2D eigenvalue weighted by Gasteiger charge is 2.28. The van der Waals surface area contributed by atoms with Crippen molar-refractivity contribution in [2.24, 2.45) is 5.18 Å². The molecule has 4 rings (SSSR count). The molecule has 23 heavy (non-hydrogen) atoms. The molecule has 0 N–H and O–H groups in total. The van der Waals surface area contributed by atoms with Gasteiger partial charge in [0.25, 0.3) is 0 Å². The van der Waals surface area contributed by atoms with Crippen LogP contribution in [0.15, 0.2) is 86.2 Å². The van der Waals surface area contributed by atoms with Gasteiger partial charge in [-0.3, -0.25) is 0 Å². The Morgan fingerprint density at radius 2 is 1.52 bits per heavy atom. The van der Waals surface area contributed by atoms with E-state index in [1.165, 1.54) is 0 Å². The minimum atomic E-state index is 0.445. The SMILES string of the molecule is O=Nc1cccc2c1N(c1ccccc1Br)c1ccccc1S2. The molecule has 3 nitrogen and oxygen atoms in total. The third-order valence-electron chi connectivity index (χ3n) is 3.72. The Labute approximate surface area is 146 Å². The molecule has 0 fully saturated rings. The number of anilines is 3. The highest BCUT2D eigenvalue weighted by Crippen LogP contribution is 2.55. The number of nitroso groups, excluding NO2 is 1. The molecule has 1 aliphatic rings. The Kier molecular flexibility index (Phi) is 3.67. The second-order valence-electron chi connectivity index (χ2n) is 5.07. The monoisotopic (exact) mass is 382 g/mol. The number of benzene rings is 3. The van der Waals surface area contributed by atoms with E-state index in [1.807, 2.05) is 48.5 Å². The van der Waals surface area contributed by atoms with E-state index >= 15 is 0 Å². The van der Waals surface area contributed by atoms with Gasteiger partial charge in [0.05, 0.1) is 17.1 Å². The Bertz CT molecular complexity index is 902. The molecule has 0 radical (unpaired) electrons. The van der Waals surface area contributed by atoms with E-state index in [2.05, 4.69) is 38.1 Å². The lowest BCUT2D eigenvalue weighted by molar-refractivity contribution is 1.15. The molecule has 0 spiro atoms. The van der Waals surface area contributed by atoms with Crippen molar-refractivity contribution in [2.75, 3.05) is 4.90 Å². The normalized spacial score (nSPS) is 12.5. The third-order valence-corrected chi connectivity index (χ3v) is 5.50. The summed E-state index contributed by atoms with van der Waals surface area (Å²) in [6.07, 6.45) is 0. The van der Waals surface area contributed by atoms with Gasteiger partial charge in [0, 0.05) is 14.3 Å². The van der Waals surface area contributed by atoms with Crippen LogP contribution in [0.4, 0.5) is 22.7 Å². The van der Waals surface area contributed by atoms with Gasteiger partial charge in [-0.1, -0.05) is 42.1 Å². The summed E-state index contributed by atoms with van der Waals surface area (Å²) in [6.45, 7) is 0. The summed E-state index contributed by atoms with van der Waals surface area (Å²) in [6, 6.07) is 21.8. The van der Waals surface area contributed by atoms with Gasteiger partial charge in [0.15, 0.2) is 0 Å². The molecule has 3 aromatic rings. The van der Waals surface area contributed by atoms with E-state index < -0.39 is 0 Å². The van der Waals surface area contributed by atoms with Crippen LogP contribution in [0.25, 0.3) is 0 Å². The van der Waals surface area contributed by atoms with Crippen LogP contribution in [0.5, 0.6) is 0 Å². The largest absolute Gasteiger partial charge is 0.305 e. The lowest BCUT2D eigenvalue weighted by atomic mass is 10.1. The zero-order valence-corrected chi connectivity index (χ0v) is 14.3. The fourth-order valence-electron chi connectivity index (χ4n) is 2.74. The van der Waals surface area contributed by atoms with Crippen LogP contribution < -0.4 is 4.90 Å². The van der Waals surface area contributed by atoms with Crippen molar-refractivity contribution >= 4 is 50.4 Å². The van der Waals surface area contributed by atoms with E-state index in [9.17, 15) is 4.91 Å². The molecule has 112 valence electrons. The summed E-state index contributed by atoms with van der Waals surface area (Å²) in [5.41, 5.74) is 3.31. The minimum absolute atomic E-state index is 0.445. The standard InChI is InChI=1S/C18H11BrN2OS/c19-12-6-1-2-8-14(12)21-15-9-3-4-10-16(15)23-17-11-5-7-13(20-22)18(17)21/h1-11H. The summed E-state index contributed by atoms with van der Waals surface area (Å²) in [4.78, 5) is 15.6. The highest BCUT2D eigenvalue weighted by atomic mass is 79.9. The van der Waals surface area contributed by atoms with Crippen molar-refractivity contribution in [3.8, 4) is 0 Å². The number of fused-ring (bicyclic) bond motifs is 2. The first-order valence-corrected chi connectivity index (χ1v) is 8.68. The summed E-state index contributed by atoms with van der Waals surface area (Å²) in [5, 5.41) is 3.24. The molecular formula is C18H11BrN2OS. The predicted octanol–water partition coefficient (Wildman–Crippen LogP) is 6.78. The van der Waals surface area contributed by atoms with Crippen molar-refractivity contribution in [1.82, 2.24) is 0 Å². The maximum absolute atomic E-state index is 11.4. The maximum Gasteiger partial charge on any atom is 0.133 e. The van der Waals surface area contributed by atoms with Crippen LogP contribution in [-0.4, -0.2) is 0 Å². The zero-order valence-electron chi connectivity index (χ0n) is 11.9. The molecule has 0 bridgehead atoms. The van der Waals surface area contributed by atoms with Gasteiger partial charge in [-0.25, -0.2) is 0 Å². The zero-order chi connectivity index (χ0) is 15.8. The summed E-state index contributed by atoms with van der Waals surface area (Å²) in [7, 11) is 0. The number of hydrogen-bond donors (Lipinski definition) is 0. The van der Waals surface area contributed by atoms with E-state index in [0.29, 0.717) is 5.69 Å². The average Bonchev–Trinajstić information content (AvgIpc) is 2.60. The van der Waals surface area contributed by atoms with E-state index in [-0.39, 0.29) is 0 Å². The van der Waals surface area contributed by atoms with Gasteiger partial charge in [0.1, 0.15) is 5.69 Å². The average molecular weight is 383 g/mol. The van der Waals surface area contributed by atoms with Gasteiger partial charge in [-0.15, -0.1) is 4.91 Å². The van der Waals surface area contributed by atoms with E-state index in [1.54, 1.807) is 17.8 Å². The van der Waals surface area contributed by atoms with E-state index in [0.717, 1.165) is 31.3 Å². The van der Waals surface area contributed by atoms with Crippen molar-refractivity contribution in [3.05, 3.63) is 76.1 Å². The van der Waals surface area contributed by atoms with Gasteiger partial charge in [-0.2, -0.15) is 0 Å². The van der Waals surface area contributed by atoms with Crippen LogP contribution in [-0.2, 0) is 0 Å². The molecule has 0 saturated heterocycles. The Hall–Kier alpha value is -2.11. The molecule has 0 amide bonds. The number of para-hydroxylation sites is 3. The summed E-state index contributed by atoms with van der Waals surface area (Å²) >= 11 is 5.29. The number of hydrogen-bond acceptors (Lipinski definition) is 4. The number of halogens is 1. The predicted molar refractivity (Wildman–Crippen MR) is 98.4 cm³/mol. The molecule has 0 saturated carbocycles. The van der Waals surface area contributed by atoms with Crippen molar-refractivity contribution in [1.29, 1.82) is 0 Å². The molecule has 0 aromatic heterocycles. The van der Waals surface area contributed by atoms with Crippen LogP contribution >= 0.6 is 27.7 Å². The number of nitrogens with zero attached hydrogens (tertiary/aromatic N) is 2. The van der Waals surface area contributed by atoms with Crippen LogP contribution in [0.2, 0.25) is 0 Å². The first kappa shape index (κ1) is 14.5. The van der Waals surface area contributed by atoms with Crippen molar-refractivity contribution in [3.63, 3.8) is 0 Å². The van der Waals surface area contributed by atoms with Gasteiger partial charge >= 0.3 is 0 Å². The van der Waals surface area contributed by atoms with E-state index in [4.69, 9.17) is 0 Å². The second kappa shape index (κ2) is 5.83. The third kappa shape index (κ3) is 2.36. The Morgan fingerprint density at radius 1 is 0.826 bits per heavy atom. The van der Waals surface area contributed by atoms with Crippen molar-refractivity contribution < 1.29 is 0 Å². The molecule has 1 heterocycles. The molecule has 0 atom stereocenters. The maximum atomic E-state index is 11.4. The van der Waals surface area contributed by atoms with Gasteiger partial charge in [-0.05, 0) is 57.5 Å². The molecule has 0 aliphatic carbocycles. The lowest BCUT2D eigenvalue weighted by Gasteiger charge is -2.33. The lowest BCUT2D eigenvalue weighted by Crippen LogP contribution is -2.15. The van der Waals surface area contributed by atoms with Crippen molar-refractivity contribution in [2.45, 2.75) is 9.79 Å². The van der Waals surface area contributed by atoms with Gasteiger partial charge < -0.3 is 4.90 Å². The second-order valence-corrected chi connectivity index (χ2v) is 7.01. The van der Waals surface area contributed by atoms with Crippen LogP contribution in [0, 0.1) is 4.91 Å². The fraction of sp³-hybridized carbons (Fsp3) is 0. The molecule has 1 aliphatic heterocycles. The summed E-state index contributed by atoms with van der Waals surface area (Å²) < 4.78 is 0.966. The molecule has 5 heteroatoms. The quantitative estimate of drug-likeness (QED) is 0.358. The first-order valence-electron chi connectivity index (χ1n) is 7.07. The van der Waals surface area contributed by atoms with Gasteiger partial charge in [0.2, 0.25) is 0 Å². The fourth-order valence-corrected chi connectivity index (χ4v) is 4.29. The Morgan fingerprint density at radius 3 is 2.30 bits per heavy atom. The molecule has 0 unspecified atom stereocenters. The molecule has 3 aromatic carbocycles. The van der Waals surface area contributed by atoms with Crippen LogP contribution in [0.1, 0.15) is 0 Å². The van der Waals surface area contributed by atoms with Crippen LogP contribution in [0.3, 0.4) is 0 Å². The Balaban J connectivity index is 2.05. The topological polar surface area (TPSA) is 32.7 Å². The highest BCUT2D eigenvalue weighted by molar-refractivity contribution is 9.10. The minimum Gasteiger partial charge on any atom is -0.305 e. The first-order chi connectivity index (χ1) is 11.3. The number of rotatable bonds is 2. The molecular weight excluding hydrogens is 372 g/mol. The smallest absolute Gasteiger partial charge is 0.133 e. The summed E-state index contributed by atoms with van der Waals surface area (Å²) in [5.74, 6) is 0.